The molecule has 0 radical (unpaired) electrons. The largest absolute Gasteiger partial charge is 0.351 e. The molecular formula is C10H22N2O2. The van der Waals surface area contributed by atoms with Gasteiger partial charge in [-0.25, -0.2) is 5.53 Å². The SMILES string of the molecule is CCCCC(N=N)C(OCC)OCC. The molecular weight excluding hydrogens is 180 g/mol. The molecule has 0 saturated heterocycles. The molecule has 0 aliphatic carbocycles. The van der Waals surface area contributed by atoms with Gasteiger partial charge in [-0.1, -0.05) is 19.8 Å². The maximum Gasteiger partial charge on any atom is 0.181 e. The third-order valence-corrected chi connectivity index (χ3v) is 2.00. The quantitative estimate of drug-likeness (QED) is 0.461. The first-order valence-electron chi connectivity index (χ1n) is 5.39. The lowest BCUT2D eigenvalue weighted by Crippen LogP contribution is -2.30. The summed E-state index contributed by atoms with van der Waals surface area (Å²) in [6, 6.07) is -0.144. The minimum Gasteiger partial charge on any atom is -0.351 e. The summed E-state index contributed by atoms with van der Waals surface area (Å²) in [6.07, 6.45) is 2.69. The Morgan fingerprint density at radius 3 is 2.07 bits per heavy atom. The van der Waals surface area contributed by atoms with Crippen molar-refractivity contribution in [1.29, 1.82) is 5.53 Å². The standard InChI is InChI=1S/C10H22N2O2/c1-4-7-8-9(12-11)10(13-5-2)14-6-3/h9-11H,4-8H2,1-3H3. The van der Waals surface area contributed by atoms with Crippen LogP contribution < -0.4 is 0 Å². The lowest BCUT2D eigenvalue weighted by Gasteiger charge is -2.22. The first kappa shape index (κ1) is 13.5. The van der Waals surface area contributed by atoms with Gasteiger partial charge in [-0.05, 0) is 20.3 Å². The highest BCUT2D eigenvalue weighted by molar-refractivity contribution is 4.67. The third-order valence-electron chi connectivity index (χ3n) is 2.00. The van der Waals surface area contributed by atoms with Gasteiger partial charge in [0, 0.05) is 13.2 Å². The number of ether oxygens (including phenoxy) is 2. The Balaban J connectivity index is 4.03. The molecule has 1 unspecified atom stereocenters. The molecule has 0 saturated carbocycles. The monoisotopic (exact) mass is 202 g/mol. The maximum absolute atomic E-state index is 7.09. The van der Waals surface area contributed by atoms with E-state index < -0.39 is 0 Å². The van der Waals surface area contributed by atoms with Gasteiger partial charge in [0.1, 0.15) is 6.04 Å². The zero-order valence-corrected chi connectivity index (χ0v) is 9.45. The molecule has 0 aliphatic rings. The Hall–Kier alpha value is -0.480. The molecule has 0 aromatic heterocycles. The number of rotatable bonds is 9. The van der Waals surface area contributed by atoms with Gasteiger partial charge < -0.3 is 9.47 Å². The van der Waals surface area contributed by atoms with E-state index in [9.17, 15) is 0 Å². The molecule has 0 fully saturated rings. The van der Waals surface area contributed by atoms with E-state index in [1.807, 2.05) is 13.8 Å². The van der Waals surface area contributed by atoms with E-state index in [-0.39, 0.29) is 12.3 Å². The molecule has 0 heterocycles. The summed E-state index contributed by atoms with van der Waals surface area (Å²) in [6.45, 7) is 7.17. The van der Waals surface area contributed by atoms with Crippen molar-refractivity contribution in [3.05, 3.63) is 0 Å². The number of nitrogens with zero attached hydrogens (tertiary/aromatic N) is 1. The molecule has 4 heteroatoms. The van der Waals surface area contributed by atoms with Crippen LogP contribution >= 0.6 is 0 Å². The second-order valence-corrected chi connectivity index (χ2v) is 3.12. The fourth-order valence-electron chi connectivity index (χ4n) is 1.27. The second-order valence-electron chi connectivity index (χ2n) is 3.12. The number of hydrogen-bond donors (Lipinski definition) is 1. The third kappa shape index (κ3) is 5.29. The molecule has 0 amide bonds. The summed E-state index contributed by atoms with van der Waals surface area (Å²) in [5.74, 6) is 0. The van der Waals surface area contributed by atoms with Crippen LogP contribution in [-0.4, -0.2) is 25.5 Å². The first-order chi connectivity index (χ1) is 6.79. The fraction of sp³-hybridized carbons (Fsp3) is 1.00. The Morgan fingerprint density at radius 2 is 1.71 bits per heavy atom. The topological polar surface area (TPSA) is 54.7 Å². The molecule has 0 rings (SSSR count). The van der Waals surface area contributed by atoms with E-state index in [4.69, 9.17) is 15.0 Å². The van der Waals surface area contributed by atoms with Crippen molar-refractivity contribution in [2.75, 3.05) is 13.2 Å². The second kappa shape index (κ2) is 9.09. The minimum atomic E-state index is -0.339. The zero-order chi connectivity index (χ0) is 10.8. The Kier molecular flexibility index (Phi) is 8.78. The van der Waals surface area contributed by atoms with Crippen LogP contribution in [0.1, 0.15) is 40.0 Å². The molecule has 0 aliphatic heterocycles. The van der Waals surface area contributed by atoms with Gasteiger partial charge in [0.15, 0.2) is 6.29 Å². The van der Waals surface area contributed by atoms with E-state index in [0.29, 0.717) is 13.2 Å². The first-order valence-corrected chi connectivity index (χ1v) is 5.39. The molecule has 1 N–H and O–H groups in total. The zero-order valence-electron chi connectivity index (χ0n) is 9.45. The van der Waals surface area contributed by atoms with Crippen LogP contribution in [0.4, 0.5) is 0 Å². The molecule has 0 aromatic carbocycles. The molecule has 0 spiro atoms. The van der Waals surface area contributed by atoms with Gasteiger partial charge in [-0.15, -0.1) is 0 Å². The normalized spacial score (nSPS) is 13.1. The summed E-state index contributed by atoms with van der Waals surface area (Å²) in [4.78, 5) is 0. The molecule has 0 bridgehead atoms. The number of nitrogens with one attached hydrogen (secondary N) is 1. The Morgan fingerprint density at radius 1 is 1.14 bits per heavy atom. The highest BCUT2D eigenvalue weighted by Gasteiger charge is 2.20. The molecule has 14 heavy (non-hydrogen) atoms. The van der Waals surface area contributed by atoms with Crippen molar-refractivity contribution in [1.82, 2.24) is 0 Å². The van der Waals surface area contributed by atoms with E-state index >= 15 is 0 Å². The fourth-order valence-corrected chi connectivity index (χ4v) is 1.27. The van der Waals surface area contributed by atoms with Crippen molar-refractivity contribution < 1.29 is 9.47 Å². The van der Waals surface area contributed by atoms with Crippen LogP contribution in [-0.2, 0) is 9.47 Å². The highest BCUT2D eigenvalue weighted by atomic mass is 16.7. The average molecular weight is 202 g/mol. The lowest BCUT2D eigenvalue weighted by atomic mass is 10.1. The van der Waals surface area contributed by atoms with Crippen LogP contribution in [0, 0.1) is 5.53 Å². The molecule has 84 valence electrons. The van der Waals surface area contributed by atoms with E-state index in [0.717, 1.165) is 19.3 Å². The predicted molar refractivity (Wildman–Crippen MR) is 55.5 cm³/mol. The summed E-state index contributed by atoms with van der Waals surface area (Å²) in [7, 11) is 0. The van der Waals surface area contributed by atoms with E-state index in [1.165, 1.54) is 0 Å². The molecule has 0 aromatic rings. The van der Waals surface area contributed by atoms with Crippen molar-refractivity contribution >= 4 is 0 Å². The van der Waals surface area contributed by atoms with Gasteiger partial charge in [-0.3, -0.25) is 0 Å². The van der Waals surface area contributed by atoms with Crippen molar-refractivity contribution in [2.24, 2.45) is 5.11 Å². The summed E-state index contributed by atoms with van der Waals surface area (Å²) in [5, 5.41) is 3.56. The van der Waals surface area contributed by atoms with Gasteiger partial charge >= 0.3 is 0 Å². The van der Waals surface area contributed by atoms with Crippen LogP contribution in [0.15, 0.2) is 5.11 Å². The predicted octanol–water partition coefficient (Wildman–Crippen LogP) is 2.98. The number of unbranched alkanes of at least 4 members (excludes halogenated alkanes) is 1. The minimum absolute atomic E-state index is 0.144. The number of hydrogen-bond acceptors (Lipinski definition) is 4. The van der Waals surface area contributed by atoms with E-state index in [1.54, 1.807) is 0 Å². The summed E-state index contributed by atoms with van der Waals surface area (Å²) < 4.78 is 10.8. The van der Waals surface area contributed by atoms with Gasteiger partial charge in [0.2, 0.25) is 0 Å². The van der Waals surface area contributed by atoms with Gasteiger partial charge in [0.25, 0.3) is 0 Å². The molecule has 1 atom stereocenters. The van der Waals surface area contributed by atoms with Crippen molar-refractivity contribution in [2.45, 2.75) is 52.4 Å². The van der Waals surface area contributed by atoms with Crippen LogP contribution in [0.2, 0.25) is 0 Å². The van der Waals surface area contributed by atoms with Crippen LogP contribution in [0.3, 0.4) is 0 Å². The van der Waals surface area contributed by atoms with Crippen molar-refractivity contribution in [3.8, 4) is 0 Å². The average Bonchev–Trinajstić information content (AvgIpc) is 2.19. The summed E-state index contributed by atoms with van der Waals surface area (Å²) >= 11 is 0. The van der Waals surface area contributed by atoms with Gasteiger partial charge in [0.05, 0.1) is 0 Å². The van der Waals surface area contributed by atoms with Crippen LogP contribution in [0.25, 0.3) is 0 Å². The molecule has 4 nitrogen and oxygen atoms in total. The maximum atomic E-state index is 7.09. The smallest absolute Gasteiger partial charge is 0.181 e. The highest BCUT2D eigenvalue weighted by Crippen LogP contribution is 2.13. The van der Waals surface area contributed by atoms with Crippen molar-refractivity contribution in [3.63, 3.8) is 0 Å². The van der Waals surface area contributed by atoms with Gasteiger partial charge in [-0.2, -0.15) is 5.11 Å². The Bertz CT molecular complexity index is 136. The van der Waals surface area contributed by atoms with E-state index in [2.05, 4.69) is 12.0 Å². The summed E-state index contributed by atoms with van der Waals surface area (Å²) in [5.41, 5.74) is 7.09. The van der Waals surface area contributed by atoms with Crippen LogP contribution in [0.5, 0.6) is 0 Å². The lowest BCUT2D eigenvalue weighted by molar-refractivity contribution is -0.150. The Labute approximate surface area is 86.5 Å².